The Balaban J connectivity index is 1.44. The number of methoxy groups -OCH3 is 1. The maximum atomic E-state index is 12.9. The normalized spacial score (nSPS) is 15.8. The zero-order valence-electron chi connectivity index (χ0n) is 19.7. The standard InChI is InChI=1S/C21H26F3N9O2/c1-12-17-18(31(2)15(5-6-35-4)19(34)28-17)29-20(27-12)25-8-13-9-26-33(10-13)11-14-7-16(21(22,23)24)30-32(14)3/h7,9-10,15H,5-6,8,11H2,1-4H3,(H,28,34)(H,25,27,29)/t15-/m1/s1. The number of alkyl halides is 3. The zero-order valence-corrected chi connectivity index (χ0v) is 19.7. The molecule has 0 unspecified atom stereocenters. The number of amides is 1. The van der Waals surface area contributed by atoms with Crippen molar-refractivity contribution in [2.75, 3.05) is 36.3 Å². The van der Waals surface area contributed by atoms with Gasteiger partial charge in [-0.2, -0.15) is 28.4 Å². The van der Waals surface area contributed by atoms with Crippen LogP contribution in [0.4, 0.5) is 30.6 Å². The molecule has 14 heteroatoms. The van der Waals surface area contributed by atoms with Crippen molar-refractivity contribution in [1.29, 1.82) is 0 Å². The fourth-order valence-electron chi connectivity index (χ4n) is 3.85. The summed E-state index contributed by atoms with van der Waals surface area (Å²) in [5.41, 5.74) is 1.42. The number of nitrogens with one attached hydrogen (secondary N) is 2. The van der Waals surface area contributed by atoms with Crippen LogP contribution in [-0.4, -0.2) is 62.2 Å². The molecule has 4 rings (SSSR count). The molecule has 0 saturated heterocycles. The largest absolute Gasteiger partial charge is 0.435 e. The predicted octanol–water partition coefficient (Wildman–Crippen LogP) is 2.19. The van der Waals surface area contributed by atoms with Crippen LogP contribution in [-0.2, 0) is 35.8 Å². The minimum absolute atomic E-state index is 0.132. The second-order valence-corrected chi connectivity index (χ2v) is 8.27. The van der Waals surface area contributed by atoms with Crippen molar-refractivity contribution in [1.82, 2.24) is 29.5 Å². The number of rotatable bonds is 8. The monoisotopic (exact) mass is 493 g/mol. The number of anilines is 3. The molecular weight excluding hydrogens is 467 g/mol. The maximum absolute atomic E-state index is 12.9. The van der Waals surface area contributed by atoms with Gasteiger partial charge < -0.3 is 20.3 Å². The molecule has 0 aliphatic carbocycles. The van der Waals surface area contributed by atoms with E-state index in [1.54, 1.807) is 33.5 Å². The molecule has 0 aromatic carbocycles. The van der Waals surface area contributed by atoms with Gasteiger partial charge in [0, 0.05) is 52.5 Å². The Kier molecular flexibility index (Phi) is 6.65. The fourth-order valence-corrected chi connectivity index (χ4v) is 3.85. The van der Waals surface area contributed by atoms with Crippen molar-refractivity contribution in [3.63, 3.8) is 0 Å². The first-order valence-electron chi connectivity index (χ1n) is 10.8. The van der Waals surface area contributed by atoms with E-state index in [-0.39, 0.29) is 12.5 Å². The lowest BCUT2D eigenvalue weighted by Gasteiger charge is -2.34. The average molecular weight is 493 g/mol. The van der Waals surface area contributed by atoms with Gasteiger partial charge in [0.1, 0.15) is 11.7 Å². The van der Waals surface area contributed by atoms with Gasteiger partial charge in [0.05, 0.1) is 24.1 Å². The highest BCUT2D eigenvalue weighted by molar-refractivity contribution is 6.03. The van der Waals surface area contributed by atoms with Crippen LogP contribution in [0.5, 0.6) is 0 Å². The van der Waals surface area contributed by atoms with Crippen LogP contribution in [0.1, 0.15) is 29.1 Å². The summed E-state index contributed by atoms with van der Waals surface area (Å²) in [4.78, 5) is 23.3. The molecule has 0 radical (unpaired) electrons. The number of hydrogen-bond acceptors (Lipinski definition) is 8. The lowest BCUT2D eigenvalue weighted by Crippen LogP contribution is -2.47. The highest BCUT2D eigenvalue weighted by atomic mass is 19.4. The fraction of sp³-hybridized carbons (Fsp3) is 0.476. The van der Waals surface area contributed by atoms with E-state index in [0.29, 0.717) is 48.4 Å². The van der Waals surface area contributed by atoms with Gasteiger partial charge in [-0.15, -0.1) is 0 Å². The third kappa shape index (κ3) is 5.21. The molecule has 0 bridgehead atoms. The third-order valence-electron chi connectivity index (χ3n) is 5.75. The lowest BCUT2D eigenvalue weighted by atomic mass is 10.1. The van der Waals surface area contributed by atoms with E-state index >= 15 is 0 Å². The Morgan fingerprint density at radius 1 is 1.26 bits per heavy atom. The van der Waals surface area contributed by atoms with E-state index < -0.39 is 17.9 Å². The van der Waals surface area contributed by atoms with Gasteiger partial charge in [-0.1, -0.05) is 0 Å². The average Bonchev–Trinajstić information content (AvgIpc) is 3.39. The van der Waals surface area contributed by atoms with Gasteiger partial charge in [-0.05, 0) is 13.0 Å². The van der Waals surface area contributed by atoms with Crippen LogP contribution in [0, 0.1) is 6.92 Å². The molecule has 1 aliphatic rings. The number of likely N-dealkylation sites (N-methyl/N-ethyl adjacent to an activating group) is 1. The Morgan fingerprint density at radius 3 is 2.71 bits per heavy atom. The van der Waals surface area contributed by atoms with Crippen molar-refractivity contribution < 1.29 is 22.7 Å². The Hall–Kier alpha value is -3.68. The van der Waals surface area contributed by atoms with Crippen LogP contribution in [0.15, 0.2) is 18.5 Å². The van der Waals surface area contributed by atoms with Crippen LogP contribution < -0.4 is 15.5 Å². The smallest absolute Gasteiger partial charge is 0.385 e. The number of carbonyl (C=O) groups is 1. The summed E-state index contributed by atoms with van der Waals surface area (Å²) in [5.74, 6) is 0.852. The van der Waals surface area contributed by atoms with Crippen molar-refractivity contribution in [3.05, 3.63) is 41.1 Å². The Labute approximate surface area is 199 Å². The molecule has 3 aromatic heterocycles. The summed E-state index contributed by atoms with van der Waals surface area (Å²) in [6.45, 7) is 2.71. The zero-order chi connectivity index (χ0) is 25.3. The van der Waals surface area contributed by atoms with Crippen LogP contribution in [0.2, 0.25) is 0 Å². The van der Waals surface area contributed by atoms with Gasteiger partial charge in [-0.3, -0.25) is 14.2 Å². The molecule has 35 heavy (non-hydrogen) atoms. The maximum Gasteiger partial charge on any atom is 0.435 e. The summed E-state index contributed by atoms with van der Waals surface area (Å²) < 4.78 is 46.5. The van der Waals surface area contributed by atoms with Gasteiger partial charge in [0.25, 0.3) is 0 Å². The van der Waals surface area contributed by atoms with Gasteiger partial charge in [0.2, 0.25) is 11.9 Å². The van der Waals surface area contributed by atoms with Crippen molar-refractivity contribution >= 4 is 23.4 Å². The molecule has 1 atom stereocenters. The molecule has 4 heterocycles. The Morgan fingerprint density at radius 2 is 2.03 bits per heavy atom. The topological polar surface area (TPSA) is 115 Å². The van der Waals surface area contributed by atoms with Crippen LogP contribution in [0.25, 0.3) is 0 Å². The minimum Gasteiger partial charge on any atom is -0.385 e. The van der Waals surface area contributed by atoms with E-state index in [4.69, 9.17) is 4.74 Å². The number of fused-ring (bicyclic) bond motifs is 1. The second-order valence-electron chi connectivity index (χ2n) is 8.27. The number of carbonyl (C=O) groups excluding carboxylic acids is 1. The highest BCUT2D eigenvalue weighted by Gasteiger charge is 2.35. The second kappa shape index (κ2) is 9.52. The molecule has 1 amide bonds. The molecule has 3 aromatic rings. The molecule has 0 saturated carbocycles. The van der Waals surface area contributed by atoms with Crippen molar-refractivity contribution in [3.8, 4) is 0 Å². The van der Waals surface area contributed by atoms with Gasteiger partial charge in [-0.25, -0.2) is 4.98 Å². The van der Waals surface area contributed by atoms with Crippen molar-refractivity contribution in [2.24, 2.45) is 7.05 Å². The summed E-state index contributed by atoms with van der Waals surface area (Å²) in [5, 5.41) is 13.8. The van der Waals surface area contributed by atoms with E-state index in [2.05, 4.69) is 30.8 Å². The molecule has 188 valence electrons. The molecule has 11 nitrogen and oxygen atoms in total. The number of halogens is 3. The number of ether oxygens (including phenoxy) is 1. The summed E-state index contributed by atoms with van der Waals surface area (Å²) in [6, 6.07) is 0.603. The number of hydrogen-bond donors (Lipinski definition) is 2. The molecule has 2 N–H and O–H groups in total. The summed E-state index contributed by atoms with van der Waals surface area (Å²) in [6.07, 6.45) is -0.634. The first kappa shape index (κ1) is 24.4. The summed E-state index contributed by atoms with van der Waals surface area (Å²) in [7, 11) is 4.86. The SMILES string of the molecule is COCC[C@@H]1C(=O)Nc2c(C)nc(NCc3cnn(Cc4cc(C(F)(F)F)nn4C)c3)nc2N1C. The predicted molar refractivity (Wildman–Crippen MR) is 121 cm³/mol. The van der Waals surface area contributed by atoms with Gasteiger partial charge >= 0.3 is 6.18 Å². The highest BCUT2D eigenvalue weighted by Crippen LogP contribution is 2.33. The Bertz CT molecular complexity index is 1220. The van der Waals surface area contributed by atoms with Crippen molar-refractivity contribution in [2.45, 2.75) is 38.7 Å². The van der Waals surface area contributed by atoms with E-state index in [1.165, 1.54) is 16.4 Å². The van der Waals surface area contributed by atoms with E-state index in [1.807, 2.05) is 4.90 Å². The van der Waals surface area contributed by atoms with Crippen LogP contribution in [0.3, 0.4) is 0 Å². The van der Waals surface area contributed by atoms with Gasteiger partial charge in [0.15, 0.2) is 11.5 Å². The first-order chi connectivity index (χ1) is 16.6. The number of aromatic nitrogens is 6. The first-order valence-corrected chi connectivity index (χ1v) is 10.8. The minimum atomic E-state index is -4.50. The molecular formula is C21H26F3N9O2. The summed E-state index contributed by atoms with van der Waals surface area (Å²) >= 11 is 0. The molecule has 0 spiro atoms. The number of aryl methyl sites for hydroxylation is 2. The van der Waals surface area contributed by atoms with E-state index in [0.717, 1.165) is 11.6 Å². The quantitative estimate of drug-likeness (QED) is 0.491. The number of nitrogens with zero attached hydrogens (tertiary/aromatic N) is 7. The van der Waals surface area contributed by atoms with E-state index in [9.17, 15) is 18.0 Å². The molecule has 0 fully saturated rings. The van der Waals surface area contributed by atoms with Crippen LogP contribution >= 0.6 is 0 Å². The molecule has 1 aliphatic heterocycles. The lowest BCUT2D eigenvalue weighted by molar-refractivity contribution is -0.141. The third-order valence-corrected chi connectivity index (χ3v) is 5.75.